The van der Waals surface area contributed by atoms with Crippen LogP contribution in [0.25, 0.3) is 21.2 Å². The molecular formula is C60H78N6O10S. The van der Waals surface area contributed by atoms with Crippen molar-refractivity contribution in [1.29, 1.82) is 0 Å². The molecule has 10 atom stereocenters. The minimum Gasteiger partial charge on any atom is -0.491 e. The zero-order chi connectivity index (χ0) is 54.5. The van der Waals surface area contributed by atoms with Gasteiger partial charge in [-0.05, 0) is 103 Å². The first-order chi connectivity index (χ1) is 36.9. The second kappa shape index (κ2) is 24.1. The zero-order valence-electron chi connectivity index (χ0n) is 45.6. The van der Waals surface area contributed by atoms with E-state index in [1.165, 1.54) is 4.90 Å². The third kappa shape index (κ3) is 12.4. The van der Waals surface area contributed by atoms with Crippen LogP contribution in [0.2, 0.25) is 0 Å². The van der Waals surface area contributed by atoms with E-state index < -0.39 is 29.5 Å². The van der Waals surface area contributed by atoms with Gasteiger partial charge in [0.25, 0.3) is 0 Å². The Morgan fingerprint density at radius 3 is 2.30 bits per heavy atom. The maximum absolute atomic E-state index is 14.2. The van der Waals surface area contributed by atoms with E-state index in [0.29, 0.717) is 56.5 Å². The largest absolute Gasteiger partial charge is 0.491 e. The molecule has 4 fully saturated rings. The molecular weight excluding hydrogens is 997 g/mol. The number of carbonyl (C=O) groups excluding carboxylic acids is 5. The molecule has 3 saturated carbocycles. The quantitative estimate of drug-likeness (QED) is 0.0510. The van der Waals surface area contributed by atoms with Crippen molar-refractivity contribution in [3.8, 4) is 16.2 Å². The van der Waals surface area contributed by atoms with Gasteiger partial charge < -0.3 is 50.2 Å². The van der Waals surface area contributed by atoms with Crippen molar-refractivity contribution in [1.82, 2.24) is 25.8 Å². The summed E-state index contributed by atoms with van der Waals surface area (Å²) in [5, 5.41) is 24.8. The molecule has 17 heteroatoms. The fourth-order valence-corrected chi connectivity index (χ4v) is 14.2. The van der Waals surface area contributed by atoms with Crippen molar-refractivity contribution in [3.05, 3.63) is 89.6 Å². The Morgan fingerprint density at radius 2 is 1.57 bits per heavy atom. The number of anilines is 1. The number of likely N-dealkylation sites (tertiary alicyclic amines) is 1. The summed E-state index contributed by atoms with van der Waals surface area (Å²) in [5.41, 5.74) is 4.73. The van der Waals surface area contributed by atoms with Gasteiger partial charge in [-0.15, -0.1) is 11.3 Å². The highest BCUT2D eigenvalue weighted by Gasteiger charge is 2.61. The molecule has 2 aliphatic heterocycles. The highest BCUT2D eigenvalue weighted by Crippen LogP contribution is 2.65. The number of aliphatic hydroxyl groups excluding tert-OH is 1. The van der Waals surface area contributed by atoms with Crippen molar-refractivity contribution >= 4 is 57.3 Å². The lowest BCUT2D eigenvalue weighted by Gasteiger charge is -2.58. The molecule has 0 bridgehead atoms. The van der Waals surface area contributed by atoms with E-state index >= 15 is 0 Å². The molecule has 4 aromatic rings. The van der Waals surface area contributed by atoms with Gasteiger partial charge in [0.05, 0.1) is 61.8 Å². The highest BCUT2D eigenvalue weighted by atomic mass is 32.1. The summed E-state index contributed by atoms with van der Waals surface area (Å²) in [6.07, 6.45) is 9.29. The van der Waals surface area contributed by atoms with E-state index in [4.69, 9.17) is 18.9 Å². The number of β-amino-alcohol motifs (C(OH)–C–C–N with tert-alkyl or cyclic N) is 1. The van der Waals surface area contributed by atoms with Crippen LogP contribution in [0.5, 0.6) is 5.75 Å². The number of hydrogen-bond acceptors (Lipinski definition) is 12. The average molecular weight is 1080 g/mol. The highest BCUT2D eigenvalue weighted by molar-refractivity contribution is 7.13. The van der Waals surface area contributed by atoms with Gasteiger partial charge in [-0.25, -0.2) is 4.98 Å². The summed E-state index contributed by atoms with van der Waals surface area (Å²) in [5.74, 6) is 1.17. The van der Waals surface area contributed by atoms with Crippen LogP contribution in [0.15, 0.2) is 78.3 Å². The molecule has 3 aliphatic carbocycles. The Hall–Kier alpha value is -5.72. The van der Waals surface area contributed by atoms with E-state index in [1.807, 2.05) is 93.9 Å². The molecule has 1 aromatic heterocycles. The molecule has 0 spiro atoms. The molecule has 77 heavy (non-hydrogen) atoms. The van der Waals surface area contributed by atoms with E-state index in [-0.39, 0.29) is 85.6 Å². The van der Waals surface area contributed by atoms with Crippen LogP contribution in [-0.4, -0.2) is 122 Å². The first kappa shape index (κ1) is 56.0. The lowest BCUT2D eigenvalue weighted by atomic mass is 9.48. The maximum atomic E-state index is 14.2. The number of aromatic nitrogens is 1. The molecule has 5 N–H and O–H groups in total. The fraction of sp³-hybridized carbons (Fsp3) is 0.567. The van der Waals surface area contributed by atoms with Gasteiger partial charge >= 0.3 is 0 Å². The normalized spacial score (nSPS) is 27.0. The molecule has 9 rings (SSSR count). The Labute approximate surface area is 456 Å². The SMILES string of the molecule is Cc1ncsc1-c1ccc(CNC(=O)[C@@H]2C[C@@H](O)CN2C(=O)[C@@H](NC(=O)CCOCCOCCOCCOc2cccc3c(NC(=O)[C@H]4CC[C@H]5[C@@H]6CC[C@H]7NC(=O)C=C[C@]7(C)[C@H]6CC[C@]45C)cccc23)C(C)(C)C)cc1. The fourth-order valence-electron chi connectivity index (χ4n) is 13.4. The molecule has 16 nitrogen and oxygen atoms in total. The predicted molar refractivity (Wildman–Crippen MR) is 296 cm³/mol. The standard InChI is InChI=1S/C60H78N6O10S/c1-37-53(77-36-62-37)39-15-13-38(14-16-39)34-61-56(71)48-33-40(67)35-66(48)57(72)54(58(2,3)4)65-52(69)23-26-73-27-28-74-29-30-75-31-32-76-49-12-8-9-41-42(49)10-7-11-47(41)63-55(70)46-19-18-44-43-17-20-50-60(6,25-22-51(68)64-50)45(43)21-24-59(44,46)5/h7-16,22,25,36,40,43-46,48,50,54,67H,17-21,23-24,26-35H2,1-6H3,(H,61,71)(H,63,70)(H,64,68)(H,65,69)/t40-,43+,44+,45+,46-,48+,50-,54-,59+,60-/m1/s1. The van der Waals surface area contributed by atoms with Crippen LogP contribution < -0.4 is 26.0 Å². The summed E-state index contributed by atoms with van der Waals surface area (Å²) in [6, 6.07) is 18.1. The molecule has 5 amide bonds. The van der Waals surface area contributed by atoms with E-state index in [9.17, 15) is 29.1 Å². The first-order valence-electron chi connectivity index (χ1n) is 27.7. The Balaban J connectivity index is 0.652. The summed E-state index contributed by atoms with van der Waals surface area (Å²) >= 11 is 1.57. The van der Waals surface area contributed by atoms with Crippen LogP contribution in [0.1, 0.15) is 97.2 Å². The molecule has 3 heterocycles. The van der Waals surface area contributed by atoms with Crippen LogP contribution in [0.4, 0.5) is 5.69 Å². The first-order valence-corrected chi connectivity index (χ1v) is 28.6. The van der Waals surface area contributed by atoms with Gasteiger partial charge in [0.1, 0.15) is 24.4 Å². The second-order valence-corrected chi connectivity index (χ2v) is 24.3. The zero-order valence-corrected chi connectivity index (χ0v) is 46.4. The topological polar surface area (TPSA) is 207 Å². The molecule has 0 unspecified atom stereocenters. The molecule has 3 aromatic carbocycles. The van der Waals surface area contributed by atoms with Gasteiger partial charge in [-0.2, -0.15) is 0 Å². The minimum atomic E-state index is -0.935. The number of amides is 5. The van der Waals surface area contributed by atoms with Crippen molar-refractivity contribution in [2.24, 2.45) is 39.9 Å². The number of nitrogens with zero attached hydrogens (tertiary/aromatic N) is 2. The molecule has 1 saturated heterocycles. The van der Waals surface area contributed by atoms with Crippen LogP contribution in [0, 0.1) is 46.8 Å². The van der Waals surface area contributed by atoms with Gasteiger partial charge in [0, 0.05) is 59.8 Å². The smallest absolute Gasteiger partial charge is 0.246 e. The van der Waals surface area contributed by atoms with E-state index in [2.05, 4.69) is 46.2 Å². The molecule has 5 aliphatic rings. The van der Waals surface area contributed by atoms with Crippen molar-refractivity contribution in [3.63, 3.8) is 0 Å². The minimum absolute atomic E-state index is 0.00743. The Morgan fingerprint density at radius 1 is 0.857 bits per heavy atom. The van der Waals surface area contributed by atoms with Gasteiger partial charge in [0.2, 0.25) is 29.5 Å². The number of aryl methyl sites for hydroxylation is 1. The van der Waals surface area contributed by atoms with E-state index in [1.54, 1.807) is 17.4 Å². The molecule has 414 valence electrons. The lowest BCUT2D eigenvalue weighted by Crippen LogP contribution is -2.59. The predicted octanol–water partition coefficient (Wildman–Crippen LogP) is 7.75. The number of ether oxygens (including phenoxy) is 4. The Kier molecular flexibility index (Phi) is 17.5. The number of aliphatic hydroxyl groups is 1. The monoisotopic (exact) mass is 1070 g/mol. The van der Waals surface area contributed by atoms with Gasteiger partial charge in [0.15, 0.2) is 0 Å². The maximum Gasteiger partial charge on any atom is 0.246 e. The second-order valence-electron chi connectivity index (χ2n) is 23.4. The van der Waals surface area contributed by atoms with E-state index in [0.717, 1.165) is 76.7 Å². The van der Waals surface area contributed by atoms with Crippen LogP contribution >= 0.6 is 11.3 Å². The average Bonchev–Trinajstić information content (AvgIpc) is 4.20. The Bertz CT molecular complexity index is 2800. The van der Waals surface area contributed by atoms with Crippen molar-refractivity contribution < 1.29 is 48.0 Å². The van der Waals surface area contributed by atoms with Crippen LogP contribution in [0.3, 0.4) is 0 Å². The van der Waals surface area contributed by atoms with Gasteiger partial charge in [-0.1, -0.05) is 89.2 Å². The lowest BCUT2D eigenvalue weighted by molar-refractivity contribution is -0.144. The summed E-state index contributed by atoms with van der Waals surface area (Å²) in [6.45, 7) is 14.5. The number of carbonyl (C=O) groups is 5. The summed E-state index contributed by atoms with van der Waals surface area (Å²) in [7, 11) is 0. The van der Waals surface area contributed by atoms with Crippen LogP contribution in [-0.2, 0) is 44.7 Å². The third-order valence-electron chi connectivity index (χ3n) is 17.6. The van der Waals surface area contributed by atoms with Crippen molar-refractivity contribution in [2.75, 3.05) is 58.1 Å². The third-order valence-corrected chi connectivity index (χ3v) is 18.5. The number of benzene rings is 3. The van der Waals surface area contributed by atoms with Gasteiger partial charge in [-0.3, -0.25) is 24.0 Å². The van der Waals surface area contributed by atoms with Crippen molar-refractivity contribution in [2.45, 2.75) is 124 Å². The number of nitrogens with one attached hydrogen (secondary N) is 4. The number of rotatable bonds is 21. The number of fused-ring (bicyclic) bond motifs is 6. The molecule has 0 radical (unpaired) electrons. The summed E-state index contributed by atoms with van der Waals surface area (Å²) in [4.78, 5) is 73.9. The number of thiazole rings is 1. The number of hydrogen-bond donors (Lipinski definition) is 5. The summed E-state index contributed by atoms with van der Waals surface area (Å²) < 4.78 is 23.3.